The summed E-state index contributed by atoms with van der Waals surface area (Å²) in [5.41, 5.74) is 7.39. The molecule has 16 heavy (non-hydrogen) atoms. The number of hydrogen-bond donors (Lipinski definition) is 1. The van der Waals surface area contributed by atoms with E-state index < -0.39 is 0 Å². The molecular weight excluding hydrogens is 289 g/mol. The second kappa shape index (κ2) is 5.50. The van der Waals surface area contributed by atoms with Crippen LogP contribution in [-0.2, 0) is 4.74 Å². The Bertz CT molecular complexity index is 366. The van der Waals surface area contributed by atoms with Crippen molar-refractivity contribution in [2.24, 2.45) is 11.7 Å². The van der Waals surface area contributed by atoms with Crippen LogP contribution in [0.4, 0.5) is 0 Å². The Morgan fingerprint density at radius 1 is 1.38 bits per heavy atom. The van der Waals surface area contributed by atoms with Gasteiger partial charge in [0.25, 0.3) is 0 Å². The van der Waals surface area contributed by atoms with Gasteiger partial charge < -0.3 is 10.5 Å². The smallest absolute Gasteiger partial charge is 0.0469 e. The van der Waals surface area contributed by atoms with Gasteiger partial charge in [-0.1, -0.05) is 27.5 Å². The predicted molar refractivity (Wildman–Crippen MR) is 69.6 cm³/mol. The van der Waals surface area contributed by atoms with Crippen molar-refractivity contribution in [1.29, 1.82) is 0 Å². The molecule has 0 spiro atoms. The van der Waals surface area contributed by atoms with Crippen LogP contribution in [0.3, 0.4) is 0 Å². The summed E-state index contributed by atoms with van der Waals surface area (Å²) >= 11 is 9.53. The van der Waals surface area contributed by atoms with Crippen molar-refractivity contribution in [2.75, 3.05) is 13.2 Å². The summed E-state index contributed by atoms with van der Waals surface area (Å²) in [6.07, 6.45) is 2.06. The van der Waals surface area contributed by atoms with Crippen LogP contribution in [0.25, 0.3) is 0 Å². The van der Waals surface area contributed by atoms with Crippen molar-refractivity contribution in [3.8, 4) is 0 Å². The first-order valence-electron chi connectivity index (χ1n) is 5.47. The third kappa shape index (κ3) is 2.77. The molecule has 0 radical (unpaired) electrons. The Labute approximate surface area is 109 Å². The molecule has 1 atom stereocenters. The fourth-order valence-electron chi connectivity index (χ4n) is 2.10. The molecule has 2 N–H and O–H groups in total. The summed E-state index contributed by atoms with van der Waals surface area (Å²) in [5, 5.41) is 0.737. The third-order valence-electron chi connectivity index (χ3n) is 3.09. The first-order chi connectivity index (χ1) is 7.68. The summed E-state index contributed by atoms with van der Waals surface area (Å²) < 4.78 is 6.38. The number of nitrogens with two attached hydrogens (primary N) is 1. The largest absolute Gasteiger partial charge is 0.381 e. The molecule has 1 unspecified atom stereocenters. The highest BCUT2D eigenvalue weighted by molar-refractivity contribution is 9.10. The Hall–Kier alpha value is -0.0900. The molecule has 2 rings (SSSR count). The highest BCUT2D eigenvalue weighted by Crippen LogP contribution is 2.33. The lowest BCUT2D eigenvalue weighted by atomic mass is 9.88. The molecule has 0 aliphatic carbocycles. The highest BCUT2D eigenvalue weighted by Gasteiger charge is 2.23. The van der Waals surface area contributed by atoms with Gasteiger partial charge in [0.15, 0.2) is 0 Å². The average molecular weight is 305 g/mol. The quantitative estimate of drug-likeness (QED) is 0.907. The predicted octanol–water partition coefficient (Wildman–Crippen LogP) is 3.53. The Morgan fingerprint density at radius 3 is 2.75 bits per heavy atom. The van der Waals surface area contributed by atoms with E-state index in [2.05, 4.69) is 15.9 Å². The van der Waals surface area contributed by atoms with Crippen molar-refractivity contribution in [3.05, 3.63) is 33.3 Å². The van der Waals surface area contributed by atoms with Gasteiger partial charge in [-0.25, -0.2) is 0 Å². The maximum absolute atomic E-state index is 6.30. The van der Waals surface area contributed by atoms with Gasteiger partial charge in [-0.15, -0.1) is 0 Å². The Balaban J connectivity index is 2.18. The molecule has 88 valence electrons. The van der Waals surface area contributed by atoms with Crippen LogP contribution >= 0.6 is 27.5 Å². The van der Waals surface area contributed by atoms with Crippen molar-refractivity contribution < 1.29 is 4.74 Å². The minimum Gasteiger partial charge on any atom is -0.381 e. The summed E-state index contributed by atoms with van der Waals surface area (Å²) in [4.78, 5) is 0. The normalized spacial score (nSPS) is 19.7. The number of benzene rings is 1. The zero-order valence-electron chi connectivity index (χ0n) is 8.96. The summed E-state index contributed by atoms with van der Waals surface area (Å²) in [5.74, 6) is 0.489. The molecule has 0 aromatic heterocycles. The van der Waals surface area contributed by atoms with E-state index in [1.165, 1.54) is 0 Å². The molecule has 0 amide bonds. The van der Waals surface area contributed by atoms with Crippen LogP contribution in [0, 0.1) is 5.92 Å². The van der Waals surface area contributed by atoms with Crippen LogP contribution in [-0.4, -0.2) is 13.2 Å². The average Bonchev–Trinajstić information content (AvgIpc) is 2.32. The van der Waals surface area contributed by atoms with Crippen molar-refractivity contribution in [3.63, 3.8) is 0 Å². The SMILES string of the molecule is NC(c1cc(Cl)ccc1Br)C1CCOCC1. The molecule has 0 saturated carbocycles. The summed E-state index contributed by atoms with van der Waals surface area (Å²) in [6.45, 7) is 1.63. The lowest BCUT2D eigenvalue weighted by Crippen LogP contribution is -2.27. The van der Waals surface area contributed by atoms with Crippen molar-refractivity contribution in [2.45, 2.75) is 18.9 Å². The monoisotopic (exact) mass is 303 g/mol. The van der Waals surface area contributed by atoms with E-state index in [0.29, 0.717) is 5.92 Å². The van der Waals surface area contributed by atoms with Gasteiger partial charge in [-0.2, -0.15) is 0 Å². The van der Waals surface area contributed by atoms with Crippen LogP contribution in [0.5, 0.6) is 0 Å². The molecule has 1 fully saturated rings. The van der Waals surface area contributed by atoms with E-state index in [0.717, 1.165) is 41.1 Å². The van der Waals surface area contributed by atoms with Gasteiger partial charge in [0.2, 0.25) is 0 Å². The van der Waals surface area contributed by atoms with Gasteiger partial charge in [-0.3, -0.25) is 0 Å². The van der Waals surface area contributed by atoms with E-state index in [-0.39, 0.29) is 6.04 Å². The maximum Gasteiger partial charge on any atom is 0.0469 e. The molecule has 4 heteroatoms. The molecule has 0 bridgehead atoms. The van der Waals surface area contributed by atoms with Crippen molar-refractivity contribution >= 4 is 27.5 Å². The Morgan fingerprint density at radius 2 is 2.06 bits per heavy atom. The van der Waals surface area contributed by atoms with Crippen LogP contribution in [0.1, 0.15) is 24.4 Å². The van der Waals surface area contributed by atoms with Gasteiger partial charge in [0, 0.05) is 28.8 Å². The summed E-state index contributed by atoms with van der Waals surface area (Å²) in [7, 11) is 0. The van der Waals surface area contributed by atoms with Gasteiger partial charge >= 0.3 is 0 Å². The zero-order valence-corrected chi connectivity index (χ0v) is 11.3. The molecule has 1 heterocycles. The lowest BCUT2D eigenvalue weighted by molar-refractivity contribution is 0.0583. The third-order valence-corrected chi connectivity index (χ3v) is 4.05. The van der Waals surface area contributed by atoms with E-state index in [9.17, 15) is 0 Å². The van der Waals surface area contributed by atoms with Gasteiger partial charge in [0.05, 0.1) is 0 Å². The molecule has 1 aliphatic heterocycles. The molecule has 1 aromatic rings. The fourth-order valence-corrected chi connectivity index (χ4v) is 2.79. The number of ether oxygens (including phenoxy) is 1. The molecule has 2 nitrogen and oxygen atoms in total. The van der Waals surface area contributed by atoms with Gasteiger partial charge in [0.1, 0.15) is 0 Å². The first-order valence-corrected chi connectivity index (χ1v) is 6.64. The van der Waals surface area contributed by atoms with Crippen molar-refractivity contribution in [1.82, 2.24) is 0 Å². The van der Waals surface area contributed by atoms with E-state index >= 15 is 0 Å². The number of rotatable bonds is 2. The molecular formula is C12H15BrClNO. The molecule has 1 aliphatic rings. The number of halogens is 2. The fraction of sp³-hybridized carbons (Fsp3) is 0.500. The summed E-state index contributed by atoms with van der Waals surface area (Å²) in [6, 6.07) is 5.81. The van der Waals surface area contributed by atoms with E-state index in [1.54, 1.807) is 0 Å². The highest BCUT2D eigenvalue weighted by atomic mass is 79.9. The first kappa shape index (κ1) is 12.4. The second-order valence-corrected chi connectivity index (χ2v) is 5.43. The second-order valence-electron chi connectivity index (χ2n) is 4.14. The topological polar surface area (TPSA) is 35.2 Å². The van der Waals surface area contributed by atoms with Crippen LogP contribution < -0.4 is 5.73 Å². The Kier molecular flexibility index (Phi) is 4.25. The molecule has 1 aromatic carbocycles. The van der Waals surface area contributed by atoms with Gasteiger partial charge in [-0.05, 0) is 42.5 Å². The van der Waals surface area contributed by atoms with E-state index in [1.807, 2.05) is 18.2 Å². The molecule has 1 saturated heterocycles. The minimum atomic E-state index is 0.0389. The minimum absolute atomic E-state index is 0.0389. The zero-order chi connectivity index (χ0) is 11.5. The van der Waals surface area contributed by atoms with Crippen LogP contribution in [0.2, 0.25) is 5.02 Å². The van der Waals surface area contributed by atoms with E-state index in [4.69, 9.17) is 22.1 Å². The maximum atomic E-state index is 6.30. The van der Waals surface area contributed by atoms with Crippen LogP contribution in [0.15, 0.2) is 22.7 Å². The standard InChI is InChI=1S/C12H15BrClNO/c13-11-2-1-9(14)7-10(11)12(15)8-3-5-16-6-4-8/h1-2,7-8,12H,3-6,15H2. The number of hydrogen-bond acceptors (Lipinski definition) is 2. The lowest BCUT2D eigenvalue weighted by Gasteiger charge is -2.28.